The van der Waals surface area contributed by atoms with Gasteiger partial charge in [-0.15, -0.1) is 0 Å². The quantitative estimate of drug-likeness (QED) is 0.887. The fourth-order valence-corrected chi connectivity index (χ4v) is 2.75. The van der Waals surface area contributed by atoms with E-state index in [1.807, 2.05) is 7.05 Å². The maximum atomic E-state index is 12.7. The first-order valence-corrected chi connectivity index (χ1v) is 7.78. The van der Waals surface area contributed by atoms with Gasteiger partial charge in [0.1, 0.15) is 0 Å². The first-order valence-electron chi connectivity index (χ1n) is 7.78. The summed E-state index contributed by atoms with van der Waals surface area (Å²) >= 11 is 0. The van der Waals surface area contributed by atoms with Crippen molar-refractivity contribution in [2.75, 3.05) is 32.0 Å². The molecule has 0 atom stereocenters. The van der Waals surface area contributed by atoms with Gasteiger partial charge in [0.25, 0.3) is 0 Å². The number of hydrogen-bond donors (Lipinski definition) is 2. The molecule has 0 aliphatic carbocycles. The molecule has 1 aromatic carbocycles. The van der Waals surface area contributed by atoms with Gasteiger partial charge in [-0.1, -0.05) is 6.07 Å². The molecule has 2 amide bonds. The highest BCUT2D eigenvalue weighted by Gasteiger charge is 2.30. The maximum Gasteiger partial charge on any atom is 0.416 e. The Bertz CT molecular complexity index is 526. The fourth-order valence-electron chi connectivity index (χ4n) is 2.75. The van der Waals surface area contributed by atoms with Gasteiger partial charge in [0.05, 0.1) is 5.56 Å². The van der Waals surface area contributed by atoms with E-state index in [1.165, 1.54) is 12.1 Å². The van der Waals surface area contributed by atoms with Crippen molar-refractivity contribution in [3.63, 3.8) is 0 Å². The van der Waals surface area contributed by atoms with Crippen LogP contribution < -0.4 is 10.6 Å². The lowest BCUT2D eigenvalue weighted by Crippen LogP contribution is -2.41. The van der Waals surface area contributed by atoms with Crippen LogP contribution in [0.1, 0.15) is 24.8 Å². The number of benzene rings is 1. The summed E-state index contributed by atoms with van der Waals surface area (Å²) < 4.78 is 38.0. The molecule has 0 saturated carbocycles. The molecule has 7 heteroatoms. The van der Waals surface area contributed by atoms with Crippen LogP contribution in [0.4, 0.5) is 23.7 Å². The van der Waals surface area contributed by atoms with E-state index in [-0.39, 0.29) is 11.7 Å². The molecule has 1 aliphatic rings. The normalized spacial score (nSPS) is 16.4. The number of anilines is 1. The lowest BCUT2D eigenvalue weighted by atomic mass is 9.94. The van der Waals surface area contributed by atoms with Crippen molar-refractivity contribution in [3.8, 4) is 0 Å². The first kappa shape index (κ1) is 17.6. The molecule has 2 N–H and O–H groups in total. The Morgan fingerprint density at radius 3 is 2.61 bits per heavy atom. The van der Waals surface area contributed by atoms with Crippen molar-refractivity contribution in [1.82, 2.24) is 10.2 Å². The molecule has 1 aliphatic heterocycles. The van der Waals surface area contributed by atoms with E-state index < -0.39 is 11.7 Å². The van der Waals surface area contributed by atoms with E-state index >= 15 is 0 Å². The van der Waals surface area contributed by atoms with Gasteiger partial charge in [0.15, 0.2) is 0 Å². The molecule has 23 heavy (non-hydrogen) atoms. The van der Waals surface area contributed by atoms with Crippen LogP contribution >= 0.6 is 0 Å². The molecule has 0 aromatic heterocycles. The van der Waals surface area contributed by atoms with E-state index in [2.05, 4.69) is 10.6 Å². The predicted molar refractivity (Wildman–Crippen MR) is 83.3 cm³/mol. The van der Waals surface area contributed by atoms with E-state index in [4.69, 9.17) is 0 Å². The van der Waals surface area contributed by atoms with Crippen LogP contribution in [0.25, 0.3) is 0 Å². The number of hydrogen-bond acceptors (Lipinski definition) is 2. The summed E-state index contributed by atoms with van der Waals surface area (Å²) in [7, 11) is 1.91. The number of nitrogens with zero attached hydrogens (tertiary/aromatic N) is 1. The lowest BCUT2D eigenvalue weighted by Gasteiger charge is -2.32. The summed E-state index contributed by atoms with van der Waals surface area (Å²) in [6.07, 6.45) is -1.47. The Morgan fingerprint density at radius 1 is 1.30 bits per heavy atom. The number of amides is 2. The first-order chi connectivity index (χ1) is 10.9. The van der Waals surface area contributed by atoms with Crippen LogP contribution in [0.3, 0.4) is 0 Å². The number of likely N-dealkylation sites (tertiary alicyclic amines) is 1. The van der Waals surface area contributed by atoms with E-state index in [0.717, 1.165) is 37.9 Å². The molecule has 0 unspecified atom stereocenters. The molecule has 4 nitrogen and oxygen atoms in total. The minimum absolute atomic E-state index is 0.169. The number of halogens is 3. The third kappa shape index (κ3) is 5.13. The van der Waals surface area contributed by atoms with Gasteiger partial charge in [0.2, 0.25) is 0 Å². The number of rotatable bonds is 4. The van der Waals surface area contributed by atoms with Crippen LogP contribution in [0.15, 0.2) is 24.3 Å². The van der Waals surface area contributed by atoms with Crippen LogP contribution in [0.5, 0.6) is 0 Å². The van der Waals surface area contributed by atoms with Crippen molar-refractivity contribution in [1.29, 1.82) is 0 Å². The number of alkyl halides is 3. The van der Waals surface area contributed by atoms with Gasteiger partial charge in [-0.3, -0.25) is 0 Å². The number of piperidine rings is 1. The van der Waals surface area contributed by atoms with E-state index in [1.54, 1.807) is 4.90 Å². The van der Waals surface area contributed by atoms with Gasteiger partial charge >= 0.3 is 12.2 Å². The molecule has 0 radical (unpaired) electrons. The summed E-state index contributed by atoms with van der Waals surface area (Å²) in [4.78, 5) is 13.8. The van der Waals surface area contributed by atoms with E-state index in [0.29, 0.717) is 19.0 Å². The minimum Gasteiger partial charge on any atom is -0.325 e. The zero-order valence-corrected chi connectivity index (χ0v) is 13.1. The molecule has 0 bridgehead atoms. The number of carbonyl (C=O) groups is 1. The Labute approximate surface area is 134 Å². The predicted octanol–water partition coefficient (Wildman–Crippen LogP) is 3.56. The molecule has 1 saturated heterocycles. The second kappa shape index (κ2) is 7.68. The maximum absolute atomic E-state index is 12.7. The van der Waals surface area contributed by atoms with Gasteiger partial charge in [-0.05, 0) is 57.0 Å². The summed E-state index contributed by atoms with van der Waals surface area (Å²) in [6.45, 7) is 2.24. The van der Waals surface area contributed by atoms with E-state index in [9.17, 15) is 18.0 Å². The van der Waals surface area contributed by atoms with Crippen molar-refractivity contribution in [2.45, 2.75) is 25.4 Å². The Balaban J connectivity index is 1.88. The standard InChI is InChI=1S/C16H22F3N3O/c1-20-8-5-12-6-9-22(10-7-12)15(23)21-14-4-2-3-13(11-14)16(17,18)19/h2-4,11-12,20H,5-10H2,1H3,(H,21,23). The summed E-state index contributed by atoms with van der Waals surface area (Å²) in [5, 5.41) is 5.67. The van der Waals surface area contributed by atoms with Crippen molar-refractivity contribution >= 4 is 11.7 Å². The summed E-state index contributed by atoms with van der Waals surface area (Å²) in [5.41, 5.74) is -0.594. The fraction of sp³-hybridized carbons (Fsp3) is 0.562. The largest absolute Gasteiger partial charge is 0.416 e. The van der Waals surface area contributed by atoms with Gasteiger partial charge < -0.3 is 15.5 Å². The molecular weight excluding hydrogens is 307 g/mol. The van der Waals surface area contributed by atoms with Gasteiger partial charge in [-0.2, -0.15) is 13.2 Å². The van der Waals surface area contributed by atoms with Crippen LogP contribution in [-0.4, -0.2) is 37.6 Å². The SMILES string of the molecule is CNCCC1CCN(C(=O)Nc2cccc(C(F)(F)F)c2)CC1. The van der Waals surface area contributed by atoms with Gasteiger partial charge in [0, 0.05) is 18.8 Å². The topological polar surface area (TPSA) is 44.4 Å². The Kier molecular flexibility index (Phi) is 5.87. The molecule has 1 heterocycles. The zero-order valence-electron chi connectivity index (χ0n) is 13.1. The number of urea groups is 1. The zero-order chi connectivity index (χ0) is 16.9. The molecule has 1 fully saturated rings. The highest BCUT2D eigenvalue weighted by molar-refractivity contribution is 5.89. The monoisotopic (exact) mass is 329 g/mol. The van der Waals surface area contributed by atoms with Crippen molar-refractivity contribution in [2.24, 2.45) is 5.92 Å². The third-order valence-corrected chi connectivity index (χ3v) is 4.15. The average Bonchev–Trinajstić information content (AvgIpc) is 2.53. The Hall–Kier alpha value is -1.76. The van der Waals surface area contributed by atoms with Crippen LogP contribution in [-0.2, 0) is 6.18 Å². The van der Waals surface area contributed by atoms with Gasteiger partial charge in [-0.25, -0.2) is 4.79 Å². The molecule has 128 valence electrons. The van der Waals surface area contributed by atoms with Crippen molar-refractivity contribution < 1.29 is 18.0 Å². The molecule has 1 aromatic rings. The highest BCUT2D eigenvalue weighted by atomic mass is 19.4. The summed E-state index contributed by atoms with van der Waals surface area (Å²) in [5.74, 6) is 0.597. The highest BCUT2D eigenvalue weighted by Crippen LogP contribution is 2.30. The molecular formula is C16H22F3N3O. The minimum atomic E-state index is -4.41. The average molecular weight is 329 g/mol. The van der Waals surface area contributed by atoms with Crippen LogP contribution in [0.2, 0.25) is 0 Å². The van der Waals surface area contributed by atoms with Crippen molar-refractivity contribution in [3.05, 3.63) is 29.8 Å². The second-order valence-corrected chi connectivity index (χ2v) is 5.83. The lowest BCUT2D eigenvalue weighted by molar-refractivity contribution is -0.137. The summed E-state index contributed by atoms with van der Waals surface area (Å²) in [6, 6.07) is 4.37. The molecule has 2 rings (SSSR count). The number of carbonyl (C=O) groups excluding carboxylic acids is 1. The van der Waals surface area contributed by atoms with Crippen LogP contribution in [0, 0.1) is 5.92 Å². The second-order valence-electron chi connectivity index (χ2n) is 5.83. The third-order valence-electron chi connectivity index (χ3n) is 4.15. The molecule has 0 spiro atoms. The smallest absolute Gasteiger partial charge is 0.325 e. The Morgan fingerprint density at radius 2 is 2.00 bits per heavy atom. The number of nitrogens with one attached hydrogen (secondary N) is 2.